The number of aliphatic imine (C=N–C) groups is 1. The van der Waals surface area contributed by atoms with Gasteiger partial charge in [0.2, 0.25) is 11.8 Å². The Kier molecular flexibility index (Phi) is 7.50. The highest BCUT2D eigenvalue weighted by atomic mass is 16.5. The lowest BCUT2D eigenvalue weighted by atomic mass is 10.1. The quantitative estimate of drug-likeness (QED) is 0.423. The van der Waals surface area contributed by atoms with Crippen molar-refractivity contribution in [1.82, 2.24) is 25.3 Å². The van der Waals surface area contributed by atoms with E-state index in [1.165, 1.54) is 0 Å². The molecule has 1 atom stereocenters. The Morgan fingerprint density at radius 2 is 1.89 bits per heavy atom. The van der Waals surface area contributed by atoms with Crippen LogP contribution in [0, 0.1) is 5.92 Å². The summed E-state index contributed by atoms with van der Waals surface area (Å²) in [6.45, 7) is 6.21. The number of hydrogen-bond donors (Lipinski definition) is 2. The average molecular weight is 395 g/mol. The molecule has 2 saturated heterocycles. The minimum Gasteiger partial charge on any atom is -0.381 e. The molecule has 0 aromatic carbocycles. The van der Waals surface area contributed by atoms with Crippen LogP contribution < -0.4 is 10.6 Å². The van der Waals surface area contributed by atoms with Crippen molar-refractivity contribution in [3.05, 3.63) is 0 Å². The van der Waals surface area contributed by atoms with E-state index in [9.17, 15) is 9.59 Å². The standard InChI is InChI=1S/C19H34N6O3/c1-23(2)18(27)12-21-19(20-11-15-5-10-28-14-15)25-8-6-24(7-9-25)13-17(26)22-16-3-4-16/h15-16H,3-14H2,1-2H3,(H,20,21)(H,22,26). The van der Waals surface area contributed by atoms with Crippen LogP contribution >= 0.6 is 0 Å². The molecule has 2 amide bonds. The van der Waals surface area contributed by atoms with Crippen LogP contribution in [-0.2, 0) is 14.3 Å². The molecule has 3 rings (SSSR count). The maximum atomic E-state index is 12.0. The summed E-state index contributed by atoms with van der Waals surface area (Å²) in [6, 6.07) is 0.408. The number of hydrogen-bond acceptors (Lipinski definition) is 5. The number of nitrogens with one attached hydrogen (secondary N) is 2. The zero-order valence-corrected chi connectivity index (χ0v) is 17.2. The summed E-state index contributed by atoms with van der Waals surface area (Å²) >= 11 is 0. The van der Waals surface area contributed by atoms with E-state index in [0.717, 1.165) is 71.2 Å². The lowest BCUT2D eigenvalue weighted by molar-refractivity contribution is -0.127. The highest BCUT2D eigenvalue weighted by Gasteiger charge is 2.26. The molecule has 0 aromatic rings. The first-order valence-electron chi connectivity index (χ1n) is 10.3. The minimum atomic E-state index is -0.0149. The molecular weight excluding hydrogens is 360 g/mol. The van der Waals surface area contributed by atoms with E-state index in [0.29, 0.717) is 18.5 Å². The molecule has 2 aliphatic heterocycles. The van der Waals surface area contributed by atoms with Crippen molar-refractivity contribution in [2.45, 2.75) is 25.3 Å². The van der Waals surface area contributed by atoms with Crippen molar-refractivity contribution < 1.29 is 14.3 Å². The van der Waals surface area contributed by atoms with Gasteiger partial charge < -0.3 is 25.2 Å². The smallest absolute Gasteiger partial charge is 0.243 e. The molecule has 28 heavy (non-hydrogen) atoms. The molecule has 3 fully saturated rings. The van der Waals surface area contributed by atoms with E-state index < -0.39 is 0 Å². The molecule has 2 N–H and O–H groups in total. The predicted octanol–water partition coefficient (Wildman–Crippen LogP) is -1.05. The summed E-state index contributed by atoms with van der Waals surface area (Å²) in [7, 11) is 3.48. The third-order valence-corrected chi connectivity index (χ3v) is 5.42. The van der Waals surface area contributed by atoms with Crippen LogP contribution in [0.5, 0.6) is 0 Å². The van der Waals surface area contributed by atoms with E-state index in [4.69, 9.17) is 4.74 Å². The largest absolute Gasteiger partial charge is 0.381 e. The minimum absolute atomic E-state index is 0.0149. The van der Waals surface area contributed by atoms with Gasteiger partial charge in [-0.05, 0) is 19.3 Å². The van der Waals surface area contributed by atoms with Gasteiger partial charge in [-0.3, -0.25) is 14.5 Å². The van der Waals surface area contributed by atoms with Gasteiger partial charge in [0.05, 0.1) is 13.2 Å². The van der Waals surface area contributed by atoms with Gasteiger partial charge in [-0.25, -0.2) is 4.99 Å². The molecule has 158 valence electrons. The fraction of sp³-hybridized carbons (Fsp3) is 0.842. The predicted molar refractivity (Wildman–Crippen MR) is 107 cm³/mol. The maximum absolute atomic E-state index is 12.0. The number of nitrogens with zero attached hydrogens (tertiary/aromatic N) is 4. The zero-order valence-electron chi connectivity index (χ0n) is 17.2. The molecule has 0 radical (unpaired) electrons. The highest BCUT2D eigenvalue weighted by Crippen LogP contribution is 2.18. The van der Waals surface area contributed by atoms with Gasteiger partial charge in [-0.1, -0.05) is 0 Å². The second kappa shape index (κ2) is 10.1. The Morgan fingerprint density at radius 3 is 2.50 bits per heavy atom. The third-order valence-electron chi connectivity index (χ3n) is 5.42. The molecule has 1 saturated carbocycles. The lowest BCUT2D eigenvalue weighted by Crippen LogP contribution is -2.54. The normalized spacial score (nSPS) is 23.6. The van der Waals surface area contributed by atoms with E-state index in [1.54, 1.807) is 19.0 Å². The number of carbonyl (C=O) groups is 2. The van der Waals surface area contributed by atoms with Crippen LogP contribution in [0.3, 0.4) is 0 Å². The first kappa shape index (κ1) is 20.9. The Balaban J connectivity index is 1.49. The zero-order chi connectivity index (χ0) is 19.9. The van der Waals surface area contributed by atoms with Crippen LogP contribution in [0.1, 0.15) is 19.3 Å². The Hall–Kier alpha value is -1.87. The molecule has 2 heterocycles. The van der Waals surface area contributed by atoms with E-state index in [2.05, 4.69) is 25.4 Å². The monoisotopic (exact) mass is 394 g/mol. The van der Waals surface area contributed by atoms with Crippen LogP contribution in [0.15, 0.2) is 4.99 Å². The van der Waals surface area contributed by atoms with Crippen LogP contribution in [0.4, 0.5) is 0 Å². The second-order valence-electron chi connectivity index (χ2n) is 8.14. The molecule has 3 aliphatic rings. The van der Waals surface area contributed by atoms with Crippen LogP contribution in [0.25, 0.3) is 0 Å². The number of carbonyl (C=O) groups excluding carboxylic acids is 2. The number of likely N-dealkylation sites (N-methyl/N-ethyl adjacent to an activating group) is 1. The number of rotatable bonds is 7. The van der Waals surface area contributed by atoms with Gasteiger partial charge in [0.1, 0.15) is 6.54 Å². The number of ether oxygens (including phenoxy) is 1. The van der Waals surface area contributed by atoms with Crippen molar-refractivity contribution in [3.63, 3.8) is 0 Å². The maximum Gasteiger partial charge on any atom is 0.243 e. The van der Waals surface area contributed by atoms with E-state index >= 15 is 0 Å². The van der Waals surface area contributed by atoms with Gasteiger partial charge in [-0.15, -0.1) is 0 Å². The molecular formula is C19H34N6O3. The number of piperazine rings is 1. The molecule has 9 nitrogen and oxygen atoms in total. The first-order chi connectivity index (χ1) is 13.5. The molecule has 1 unspecified atom stereocenters. The first-order valence-corrected chi connectivity index (χ1v) is 10.3. The van der Waals surface area contributed by atoms with Crippen molar-refractivity contribution in [1.29, 1.82) is 0 Å². The Labute approximate surface area is 167 Å². The third kappa shape index (κ3) is 6.63. The van der Waals surface area contributed by atoms with Gasteiger partial charge in [0, 0.05) is 65.4 Å². The van der Waals surface area contributed by atoms with Crippen molar-refractivity contribution in [2.75, 3.05) is 73.1 Å². The summed E-state index contributed by atoms with van der Waals surface area (Å²) in [6.07, 6.45) is 3.28. The van der Waals surface area contributed by atoms with Gasteiger partial charge in [-0.2, -0.15) is 0 Å². The van der Waals surface area contributed by atoms with Crippen molar-refractivity contribution in [3.8, 4) is 0 Å². The van der Waals surface area contributed by atoms with E-state index in [-0.39, 0.29) is 18.4 Å². The fourth-order valence-corrected chi connectivity index (χ4v) is 3.35. The highest BCUT2D eigenvalue weighted by molar-refractivity contribution is 5.85. The van der Waals surface area contributed by atoms with Gasteiger partial charge in [0.15, 0.2) is 5.96 Å². The molecule has 0 bridgehead atoms. The fourth-order valence-electron chi connectivity index (χ4n) is 3.35. The SMILES string of the molecule is CN(C)C(=O)CN=C(NCC1CCOC1)N1CCN(CC(=O)NC2CC2)CC1. The van der Waals surface area contributed by atoms with Crippen molar-refractivity contribution in [2.24, 2.45) is 10.9 Å². The molecule has 0 spiro atoms. The van der Waals surface area contributed by atoms with Crippen LogP contribution in [0.2, 0.25) is 0 Å². The number of guanidine groups is 1. The average Bonchev–Trinajstić information content (AvgIpc) is 3.32. The Bertz CT molecular complexity index is 564. The summed E-state index contributed by atoms with van der Waals surface area (Å²) in [5.74, 6) is 1.38. The van der Waals surface area contributed by atoms with Gasteiger partial charge in [0.25, 0.3) is 0 Å². The molecule has 9 heteroatoms. The molecule has 1 aliphatic carbocycles. The second-order valence-corrected chi connectivity index (χ2v) is 8.14. The van der Waals surface area contributed by atoms with E-state index in [1.807, 2.05) is 0 Å². The lowest BCUT2D eigenvalue weighted by Gasteiger charge is -2.36. The summed E-state index contributed by atoms with van der Waals surface area (Å²) in [4.78, 5) is 34.5. The molecule has 0 aromatic heterocycles. The topological polar surface area (TPSA) is 89.5 Å². The summed E-state index contributed by atoms with van der Waals surface area (Å²) in [5, 5.41) is 6.49. The summed E-state index contributed by atoms with van der Waals surface area (Å²) < 4.78 is 5.45. The Morgan fingerprint density at radius 1 is 1.14 bits per heavy atom. The van der Waals surface area contributed by atoms with Crippen molar-refractivity contribution >= 4 is 17.8 Å². The van der Waals surface area contributed by atoms with Gasteiger partial charge >= 0.3 is 0 Å². The summed E-state index contributed by atoms with van der Waals surface area (Å²) in [5.41, 5.74) is 0. The number of amides is 2. The van der Waals surface area contributed by atoms with Crippen LogP contribution in [-0.4, -0.2) is 112 Å².